The van der Waals surface area contributed by atoms with Crippen molar-refractivity contribution in [1.29, 1.82) is 0 Å². The lowest BCUT2D eigenvalue weighted by Crippen LogP contribution is -2.14. The lowest BCUT2D eigenvalue weighted by molar-refractivity contribution is 0.479. The number of aryl methyl sites for hydroxylation is 1. The van der Waals surface area contributed by atoms with Gasteiger partial charge >= 0.3 is 0 Å². The van der Waals surface area contributed by atoms with Gasteiger partial charge < -0.3 is 5.11 Å². The van der Waals surface area contributed by atoms with Crippen LogP contribution in [0, 0.1) is 6.92 Å². The van der Waals surface area contributed by atoms with E-state index in [0.717, 1.165) is 20.8 Å². The first-order valence-corrected chi connectivity index (χ1v) is 8.26. The minimum atomic E-state index is -0.0953. The monoisotopic (exact) mass is 352 g/mol. The van der Waals surface area contributed by atoms with E-state index in [-0.39, 0.29) is 5.41 Å². The molecule has 0 saturated heterocycles. The minimum Gasteiger partial charge on any atom is -0.507 e. The summed E-state index contributed by atoms with van der Waals surface area (Å²) in [5.74, 6) is 0.373. The third-order valence-corrected chi connectivity index (χ3v) is 5.36. The predicted molar refractivity (Wildman–Crippen MR) is 95.6 cm³/mol. The Kier molecular flexibility index (Phi) is 2.74. The van der Waals surface area contributed by atoms with Crippen molar-refractivity contribution in [3.8, 4) is 16.9 Å². The summed E-state index contributed by atoms with van der Waals surface area (Å²) in [6.45, 7) is 6.51. The molecule has 1 aliphatic carbocycles. The fraction of sp³-hybridized carbons (Fsp3) is 0.200. The lowest BCUT2D eigenvalue weighted by Gasteiger charge is -2.22. The molecule has 4 rings (SSSR count). The molecule has 0 fully saturated rings. The largest absolute Gasteiger partial charge is 0.507 e. The third kappa shape index (κ3) is 1.70. The molecule has 22 heavy (non-hydrogen) atoms. The van der Waals surface area contributed by atoms with Gasteiger partial charge in [0.25, 0.3) is 0 Å². The fourth-order valence-electron chi connectivity index (χ4n) is 3.72. The van der Waals surface area contributed by atoms with E-state index in [9.17, 15) is 5.11 Å². The van der Waals surface area contributed by atoms with Gasteiger partial charge in [-0.1, -0.05) is 53.5 Å². The Hall–Kier alpha value is -1.80. The smallest absolute Gasteiger partial charge is 0.123 e. The van der Waals surface area contributed by atoms with Gasteiger partial charge in [-0.15, -0.1) is 0 Å². The Morgan fingerprint density at radius 1 is 0.909 bits per heavy atom. The molecule has 1 nitrogen and oxygen atoms in total. The maximum atomic E-state index is 10.5. The number of hydrogen-bond acceptors (Lipinski definition) is 1. The summed E-state index contributed by atoms with van der Waals surface area (Å²) in [5, 5.41) is 12.6. The summed E-state index contributed by atoms with van der Waals surface area (Å²) in [6, 6.07) is 14.7. The highest BCUT2D eigenvalue weighted by molar-refractivity contribution is 9.10. The molecule has 110 valence electrons. The first-order valence-electron chi connectivity index (χ1n) is 7.47. The van der Waals surface area contributed by atoms with E-state index in [0.29, 0.717) is 5.75 Å². The zero-order chi connectivity index (χ0) is 15.6. The van der Waals surface area contributed by atoms with E-state index in [1.807, 2.05) is 6.07 Å². The first kappa shape index (κ1) is 13.8. The van der Waals surface area contributed by atoms with Gasteiger partial charge in [-0.25, -0.2) is 0 Å². The van der Waals surface area contributed by atoms with Crippen molar-refractivity contribution in [2.75, 3.05) is 0 Å². The molecule has 0 amide bonds. The summed E-state index contributed by atoms with van der Waals surface area (Å²) < 4.78 is 1.09. The van der Waals surface area contributed by atoms with Crippen molar-refractivity contribution in [1.82, 2.24) is 0 Å². The summed E-state index contributed by atoms with van der Waals surface area (Å²) in [6.07, 6.45) is 0. The zero-order valence-corrected chi connectivity index (χ0v) is 14.5. The van der Waals surface area contributed by atoms with Crippen LogP contribution in [0.1, 0.15) is 30.5 Å². The number of benzene rings is 3. The Morgan fingerprint density at radius 3 is 2.45 bits per heavy atom. The first-order chi connectivity index (χ1) is 10.4. The number of phenolic OH excluding ortho intramolecular Hbond substituents is 1. The SMILES string of the molecule is Cc1ccc2c3c(cc(O)c2c1)C(C)(C)c1ccc(Br)cc1-3. The molecule has 0 radical (unpaired) electrons. The number of fused-ring (bicyclic) bond motifs is 5. The van der Waals surface area contributed by atoms with Crippen molar-refractivity contribution >= 4 is 26.7 Å². The minimum absolute atomic E-state index is 0.0953. The van der Waals surface area contributed by atoms with Gasteiger partial charge in [-0.05, 0) is 58.8 Å². The van der Waals surface area contributed by atoms with E-state index in [4.69, 9.17) is 0 Å². The normalized spacial score (nSPS) is 14.9. The predicted octanol–water partition coefficient (Wildman–Crippen LogP) is 5.92. The summed E-state index contributed by atoms with van der Waals surface area (Å²) in [4.78, 5) is 0. The second kappa shape index (κ2) is 4.36. The second-order valence-electron chi connectivity index (χ2n) is 6.68. The average molecular weight is 353 g/mol. The quantitative estimate of drug-likeness (QED) is 0.532. The Balaban J connectivity index is 2.22. The average Bonchev–Trinajstić information content (AvgIpc) is 2.67. The number of phenols is 1. The summed E-state index contributed by atoms with van der Waals surface area (Å²) in [5.41, 5.74) is 6.11. The Bertz CT molecular complexity index is 938. The molecule has 0 unspecified atom stereocenters. The Labute approximate surface area is 138 Å². The third-order valence-electron chi connectivity index (χ3n) is 4.87. The summed E-state index contributed by atoms with van der Waals surface area (Å²) in [7, 11) is 0. The van der Waals surface area contributed by atoms with Gasteiger partial charge in [0.05, 0.1) is 0 Å². The standard InChI is InChI=1S/C20H17BrO/c1-11-4-6-13-14(8-11)18(22)10-17-19(13)15-9-12(21)5-7-16(15)20(17,2)3/h4-10,22H,1-3H3. The van der Waals surface area contributed by atoms with Crippen molar-refractivity contribution < 1.29 is 5.11 Å². The Morgan fingerprint density at radius 2 is 1.68 bits per heavy atom. The van der Waals surface area contributed by atoms with Gasteiger partial charge in [0.1, 0.15) is 5.75 Å². The summed E-state index contributed by atoms with van der Waals surface area (Å²) >= 11 is 3.60. The van der Waals surface area contributed by atoms with E-state index < -0.39 is 0 Å². The van der Waals surface area contributed by atoms with Gasteiger partial charge in [0.15, 0.2) is 0 Å². The molecule has 0 spiro atoms. The molecule has 1 N–H and O–H groups in total. The highest BCUT2D eigenvalue weighted by Gasteiger charge is 2.37. The van der Waals surface area contributed by atoms with Gasteiger partial charge in [-0.3, -0.25) is 0 Å². The van der Waals surface area contributed by atoms with Crippen molar-refractivity contribution in [2.45, 2.75) is 26.2 Å². The maximum absolute atomic E-state index is 10.5. The van der Waals surface area contributed by atoms with E-state index in [2.05, 4.69) is 73.1 Å². The fourth-order valence-corrected chi connectivity index (χ4v) is 4.08. The molecular formula is C20H17BrO. The molecule has 0 saturated carbocycles. The van der Waals surface area contributed by atoms with Crippen LogP contribution in [-0.4, -0.2) is 5.11 Å². The van der Waals surface area contributed by atoms with Gasteiger partial charge in [0.2, 0.25) is 0 Å². The van der Waals surface area contributed by atoms with E-state index >= 15 is 0 Å². The lowest BCUT2D eigenvalue weighted by atomic mass is 9.82. The highest BCUT2D eigenvalue weighted by atomic mass is 79.9. The number of hydrogen-bond donors (Lipinski definition) is 1. The maximum Gasteiger partial charge on any atom is 0.123 e. The van der Waals surface area contributed by atoms with Crippen LogP contribution in [0.15, 0.2) is 46.9 Å². The van der Waals surface area contributed by atoms with Crippen LogP contribution in [0.2, 0.25) is 0 Å². The van der Waals surface area contributed by atoms with Crippen LogP contribution in [0.5, 0.6) is 5.75 Å². The van der Waals surface area contributed by atoms with E-state index in [1.54, 1.807) is 0 Å². The molecule has 3 aromatic rings. The highest BCUT2D eigenvalue weighted by Crippen LogP contribution is 2.53. The molecule has 0 heterocycles. The van der Waals surface area contributed by atoms with Gasteiger partial charge in [0, 0.05) is 15.3 Å². The molecule has 0 aliphatic heterocycles. The van der Waals surface area contributed by atoms with Crippen molar-refractivity contribution in [3.63, 3.8) is 0 Å². The molecule has 1 aliphatic rings. The van der Waals surface area contributed by atoms with Crippen molar-refractivity contribution in [2.24, 2.45) is 0 Å². The number of rotatable bonds is 0. The van der Waals surface area contributed by atoms with Crippen LogP contribution >= 0.6 is 15.9 Å². The van der Waals surface area contributed by atoms with Crippen LogP contribution < -0.4 is 0 Å². The topological polar surface area (TPSA) is 20.2 Å². The zero-order valence-electron chi connectivity index (χ0n) is 12.9. The van der Waals surface area contributed by atoms with Crippen LogP contribution in [0.4, 0.5) is 0 Å². The molecule has 0 bridgehead atoms. The molecule has 3 aromatic carbocycles. The molecule has 0 aromatic heterocycles. The van der Waals surface area contributed by atoms with E-state index in [1.165, 1.54) is 22.3 Å². The second-order valence-corrected chi connectivity index (χ2v) is 7.60. The molecule has 2 heteroatoms. The molecular weight excluding hydrogens is 336 g/mol. The number of halogens is 1. The van der Waals surface area contributed by atoms with Crippen LogP contribution in [-0.2, 0) is 5.41 Å². The number of aromatic hydroxyl groups is 1. The van der Waals surface area contributed by atoms with Crippen molar-refractivity contribution in [3.05, 3.63) is 63.6 Å². The van der Waals surface area contributed by atoms with Gasteiger partial charge in [-0.2, -0.15) is 0 Å². The molecule has 0 atom stereocenters. The van der Waals surface area contributed by atoms with Crippen LogP contribution in [0.25, 0.3) is 21.9 Å². The van der Waals surface area contributed by atoms with Crippen LogP contribution in [0.3, 0.4) is 0 Å².